The molecule has 0 aliphatic carbocycles. The summed E-state index contributed by atoms with van der Waals surface area (Å²) in [6.45, 7) is 9.00. The molecule has 10 heteroatoms. The molecule has 8 nitrogen and oxygen atoms in total. The molecule has 5 rings (SSSR count). The molecule has 0 spiro atoms. The monoisotopic (exact) mass is 503 g/mol. The normalized spacial score (nSPS) is 14.1. The molecule has 1 N–H and O–H groups in total. The number of ether oxygens (including phenoxy) is 1. The van der Waals surface area contributed by atoms with Crippen molar-refractivity contribution in [3.05, 3.63) is 65.6 Å². The van der Waals surface area contributed by atoms with Crippen LogP contribution in [0.5, 0.6) is 11.6 Å². The predicted molar refractivity (Wildman–Crippen MR) is 138 cm³/mol. The van der Waals surface area contributed by atoms with Crippen LogP contribution in [0.15, 0.2) is 42.7 Å². The fraction of sp³-hybridized carbons (Fsp3) is 0.296. The van der Waals surface area contributed by atoms with E-state index in [1.807, 2.05) is 30.3 Å². The third-order valence-corrected chi connectivity index (χ3v) is 6.86. The molecule has 0 bridgehead atoms. The number of aromatic nitrogens is 3. The van der Waals surface area contributed by atoms with Crippen molar-refractivity contribution in [3.8, 4) is 17.7 Å². The van der Waals surface area contributed by atoms with Crippen LogP contribution in [0.3, 0.4) is 0 Å². The number of nitrogens with one attached hydrogen (secondary N) is 1. The number of halogens is 2. The lowest BCUT2D eigenvalue weighted by Gasteiger charge is -2.35. The highest BCUT2D eigenvalue weighted by Gasteiger charge is 2.21. The van der Waals surface area contributed by atoms with E-state index in [0.717, 1.165) is 50.2 Å². The number of piperazine rings is 1. The maximum atomic E-state index is 15.2. The van der Waals surface area contributed by atoms with E-state index < -0.39 is 11.6 Å². The van der Waals surface area contributed by atoms with Crippen molar-refractivity contribution in [1.82, 2.24) is 19.4 Å². The number of rotatable bonds is 6. The number of fused-ring (bicyclic) bond motifs is 1. The number of likely N-dealkylation sites (N-methyl/N-ethyl adjacent to an activating group) is 1. The molecule has 1 aliphatic rings. The van der Waals surface area contributed by atoms with Crippen molar-refractivity contribution < 1.29 is 13.5 Å². The Labute approximate surface area is 213 Å². The van der Waals surface area contributed by atoms with Gasteiger partial charge in [-0.3, -0.25) is 0 Å². The lowest BCUT2D eigenvalue weighted by Crippen LogP contribution is -2.46. The van der Waals surface area contributed by atoms with E-state index in [1.165, 1.54) is 6.33 Å². The second kappa shape index (κ2) is 10.0. The summed E-state index contributed by atoms with van der Waals surface area (Å²) in [6, 6.07) is 12.4. The SMILES string of the molecule is CCN1CCN(c2ccc(Nc3ncnc(Oc4cc(F)c5c(cc(C)n5C)c4F)c3C#N)cc2)CC1. The smallest absolute Gasteiger partial charge is 0.242 e. The van der Waals surface area contributed by atoms with Gasteiger partial charge in [0.05, 0.1) is 5.52 Å². The van der Waals surface area contributed by atoms with Gasteiger partial charge < -0.3 is 24.4 Å². The first-order valence-corrected chi connectivity index (χ1v) is 12.1. The molecule has 1 saturated heterocycles. The Morgan fingerprint density at radius 3 is 2.49 bits per heavy atom. The predicted octanol–water partition coefficient (Wildman–Crippen LogP) is 5.10. The van der Waals surface area contributed by atoms with Gasteiger partial charge in [0.25, 0.3) is 0 Å². The zero-order chi connectivity index (χ0) is 26.1. The standard InChI is InChI=1S/C27H27F2N7O/c1-4-35-9-11-36(12-10-35)19-7-5-18(6-8-19)33-26-21(15-30)27(32-16-31-26)37-23-14-22(28)25-20(24(23)29)13-17(2)34(25)3/h5-8,13-14,16H,4,9-12H2,1-3H3,(H,31,32,33). The van der Waals surface area contributed by atoms with Crippen LogP contribution in [0.4, 0.5) is 26.0 Å². The summed E-state index contributed by atoms with van der Waals surface area (Å²) in [4.78, 5) is 12.9. The van der Waals surface area contributed by atoms with Crippen LogP contribution in [-0.4, -0.2) is 52.2 Å². The van der Waals surface area contributed by atoms with Crippen LogP contribution < -0.4 is 15.0 Å². The van der Waals surface area contributed by atoms with Crippen LogP contribution in [-0.2, 0) is 7.05 Å². The maximum absolute atomic E-state index is 15.2. The number of benzene rings is 2. The Hall–Kier alpha value is -4.23. The number of hydrogen-bond donors (Lipinski definition) is 1. The lowest BCUT2D eigenvalue weighted by atomic mass is 10.2. The zero-order valence-corrected chi connectivity index (χ0v) is 20.9. The van der Waals surface area contributed by atoms with Crippen LogP contribution in [0.1, 0.15) is 18.2 Å². The quantitative estimate of drug-likeness (QED) is 0.392. The van der Waals surface area contributed by atoms with Crippen molar-refractivity contribution >= 4 is 28.1 Å². The summed E-state index contributed by atoms with van der Waals surface area (Å²) >= 11 is 0. The van der Waals surface area contributed by atoms with Crippen molar-refractivity contribution in [2.45, 2.75) is 13.8 Å². The highest BCUT2D eigenvalue weighted by Crippen LogP contribution is 2.35. The molecule has 37 heavy (non-hydrogen) atoms. The first-order chi connectivity index (χ1) is 17.9. The number of anilines is 3. The first kappa shape index (κ1) is 24.5. The fourth-order valence-corrected chi connectivity index (χ4v) is 4.60. The van der Waals surface area contributed by atoms with E-state index in [1.54, 1.807) is 24.6 Å². The summed E-state index contributed by atoms with van der Waals surface area (Å²) in [5, 5.41) is 13.0. The van der Waals surface area contributed by atoms with Gasteiger partial charge >= 0.3 is 0 Å². The highest BCUT2D eigenvalue weighted by atomic mass is 19.1. The van der Waals surface area contributed by atoms with E-state index >= 15 is 4.39 Å². The van der Waals surface area contributed by atoms with E-state index in [9.17, 15) is 9.65 Å². The van der Waals surface area contributed by atoms with E-state index in [0.29, 0.717) is 5.69 Å². The zero-order valence-electron chi connectivity index (χ0n) is 20.9. The van der Waals surface area contributed by atoms with Gasteiger partial charge in [0.15, 0.2) is 28.8 Å². The van der Waals surface area contributed by atoms with Gasteiger partial charge in [-0.15, -0.1) is 0 Å². The van der Waals surface area contributed by atoms with Crippen LogP contribution in [0.2, 0.25) is 0 Å². The molecular weight excluding hydrogens is 476 g/mol. The van der Waals surface area contributed by atoms with Crippen molar-refractivity contribution in [3.63, 3.8) is 0 Å². The molecule has 2 aromatic heterocycles. The van der Waals surface area contributed by atoms with Crippen LogP contribution in [0, 0.1) is 29.9 Å². The Balaban J connectivity index is 1.38. The van der Waals surface area contributed by atoms with Gasteiger partial charge in [0, 0.05) is 61.7 Å². The van der Waals surface area contributed by atoms with Gasteiger partial charge in [0.1, 0.15) is 12.4 Å². The fourth-order valence-electron chi connectivity index (χ4n) is 4.60. The Bertz CT molecular complexity index is 1490. The van der Waals surface area contributed by atoms with Gasteiger partial charge in [-0.1, -0.05) is 6.92 Å². The van der Waals surface area contributed by atoms with E-state index in [2.05, 4.69) is 32.0 Å². The van der Waals surface area contributed by atoms with Crippen LogP contribution >= 0.6 is 0 Å². The summed E-state index contributed by atoms with van der Waals surface area (Å²) in [7, 11) is 1.66. The largest absolute Gasteiger partial charge is 0.434 e. The first-order valence-electron chi connectivity index (χ1n) is 12.1. The van der Waals surface area contributed by atoms with Gasteiger partial charge in [-0.2, -0.15) is 5.26 Å². The number of hydrogen-bond acceptors (Lipinski definition) is 7. The second-order valence-electron chi connectivity index (χ2n) is 8.99. The molecule has 0 saturated carbocycles. The van der Waals surface area contributed by atoms with Crippen molar-refractivity contribution in [1.29, 1.82) is 5.26 Å². The van der Waals surface area contributed by atoms with E-state index in [-0.39, 0.29) is 33.9 Å². The van der Waals surface area contributed by atoms with Crippen molar-refractivity contribution in [2.24, 2.45) is 7.05 Å². The minimum absolute atomic E-state index is 0.0218. The van der Waals surface area contributed by atoms with Gasteiger partial charge in [-0.25, -0.2) is 18.7 Å². The number of nitrogens with zero attached hydrogens (tertiary/aromatic N) is 6. The Morgan fingerprint density at radius 1 is 1.08 bits per heavy atom. The Kier molecular flexibility index (Phi) is 6.63. The number of nitriles is 1. The third-order valence-electron chi connectivity index (χ3n) is 6.86. The minimum atomic E-state index is -0.729. The molecule has 0 unspecified atom stereocenters. The van der Waals surface area contributed by atoms with Crippen molar-refractivity contribution in [2.75, 3.05) is 42.9 Å². The topological polar surface area (TPSA) is 82.2 Å². The summed E-state index contributed by atoms with van der Waals surface area (Å²) in [6.07, 6.45) is 1.21. The molecular formula is C27H27F2N7O. The van der Waals surface area contributed by atoms with Gasteiger partial charge in [-0.05, 0) is 43.8 Å². The number of aryl methyl sites for hydroxylation is 2. The Morgan fingerprint density at radius 2 is 1.81 bits per heavy atom. The molecule has 190 valence electrons. The van der Waals surface area contributed by atoms with E-state index in [4.69, 9.17) is 4.74 Å². The lowest BCUT2D eigenvalue weighted by molar-refractivity contribution is 0.271. The van der Waals surface area contributed by atoms with Crippen LogP contribution in [0.25, 0.3) is 10.9 Å². The summed E-state index contributed by atoms with van der Waals surface area (Å²) in [5.74, 6) is -1.69. The summed E-state index contributed by atoms with van der Waals surface area (Å²) < 4.78 is 37.2. The molecule has 4 aromatic rings. The molecule has 0 amide bonds. The highest BCUT2D eigenvalue weighted by molar-refractivity contribution is 5.84. The molecule has 0 radical (unpaired) electrons. The minimum Gasteiger partial charge on any atom is -0.434 e. The maximum Gasteiger partial charge on any atom is 0.242 e. The summed E-state index contributed by atoms with van der Waals surface area (Å²) in [5.41, 5.74) is 2.66. The molecule has 0 atom stereocenters. The molecule has 1 fully saturated rings. The second-order valence-corrected chi connectivity index (χ2v) is 8.99. The molecule has 3 heterocycles. The molecule has 2 aromatic carbocycles. The van der Waals surface area contributed by atoms with Gasteiger partial charge in [0.2, 0.25) is 5.88 Å². The average molecular weight is 504 g/mol. The average Bonchev–Trinajstić information content (AvgIpc) is 3.22. The molecule has 1 aliphatic heterocycles. The third kappa shape index (κ3) is 4.66.